The number of benzene rings is 2. The van der Waals surface area contributed by atoms with E-state index in [4.69, 9.17) is 4.98 Å². The molecule has 3 nitrogen and oxygen atoms in total. The van der Waals surface area contributed by atoms with E-state index in [0.29, 0.717) is 5.56 Å². The summed E-state index contributed by atoms with van der Waals surface area (Å²) in [6, 6.07) is 24.8. The topological polar surface area (TPSA) is 39.9 Å². The van der Waals surface area contributed by atoms with Gasteiger partial charge in [0.1, 0.15) is 17.5 Å². The molecule has 122 valence electrons. The van der Waals surface area contributed by atoms with Crippen LogP contribution < -0.4 is 4.90 Å². The Labute approximate surface area is 148 Å². The summed E-state index contributed by atoms with van der Waals surface area (Å²) in [6.07, 6.45) is 2.31. The molecule has 1 saturated heterocycles. The van der Waals surface area contributed by atoms with Gasteiger partial charge in [-0.15, -0.1) is 0 Å². The SMILES string of the molecule is N#Cc1c(-c2ccccc2)cc(-c2ccccc2)nc1N1CCCC1. The Morgan fingerprint density at radius 1 is 0.840 bits per heavy atom. The third-order valence-corrected chi connectivity index (χ3v) is 4.67. The Hall–Kier alpha value is -3.12. The number of nitriles is 1. The van der Waals surface area contributed by atoms with Crippen molar-refractivity contribution in [3.05, 3.63) is 72.3 Å². The van der Waals surface area contributed by atoms with E-state index in [9.17, 15) is 5.26 Å². The predicted molar refractivity (Wildman–Crippen MR) is 101 cm³/mol. The maximum absolute atomic E-state index is 9.87. The van der Waals surface area contributed by atoms with Crippen molar-refractivity contribution < 1.29 is 0 Å². The summed E-state index contributed by atoms with van der Waals surface area (Å²) >= 11 is 0. The Balaban J connectivity index is 1.95. The van der Waals surface area contributed by atoms with Gasteiger partial charge >= 0.3 is 0 Å². The van der Waals surface area contributed by atoms with Crippen molar-refractivity contribution in [2.24, 2.45) is 0 Å². The molecule has 1 aromatic heterocycles. The lowest BCUT2D eigenvalue weighted by Crippen LogP contribution is -2.21. The van der Waals surface area contributed by atoms with Gasteiger partial charge in [-0.1, -0.05) is 60.7 Å². The third kappa shape index (κ3) is 2.99. The summed E-state index contributed by atoms with van der Waals surface area (Å²) in [5.74, 6) is 0.820. The number of nitrogens with zero attached hydrogens (tertiary/aromatic N) is 3. The molecule has 1 aliphatic rings. The minimum atomic E-state index is 0.674. The molecule has 0 N–H and O–H groups in total. The standard InChI is InChI=1S/C22H19N3/c23-16-20-19(17-9-3-1-4-10-17)15-21(18-11-5-2-6-12-18)24-22(20)25-13-7-8-14-25/h1-6,9-12,15H,7-8,13-14H2. The van der Waals surface area contributed by atoms with E-state index < -0.39 is 0 Å². The largest absolute Gasteiger partial charge is 0.355 e. The highest BCUT2D eigenvalue weighted by molar-refractivity contribution is 5.81. The molecule has 0 bridgehead atoms. The minimum Gasteiger partial charge on any atom is -0.355 e. The van der Waals surface area contributed by atoms with Crippen LogP contribution in [0.1, 0.15) is 18.4 Å². The Morgan fingerprint density at radius 2 is 1.44 bits per heavy atom. The first-order valence-electron chi connectivity index (χ1n) is 8.68. The van der Waals surface area contributed by atoms with Crippen molar-refractivity contribution >= 4 is 5.82 Å². The van der Waals surface area contributed by atoms with Crippen LogP contribution in [0.15, 0.2) is 66.7 Å². The first-order valence-corrected chi connectivity index (χ1v) is 8.68. The fourth-order valence-electron chi connectivity index (χ4n) is 3.40. The molecule has 0 unspecified atom stereocenters. The average Bonchev–Trinajstić information content (AvgIpc) is 3.23. The van der Waals surface area contributed by atoms with Gasteiger partial charge in [-0.25, -0.2) is 4.98 Å². The van der Waals surface area contributed by atoms with Gasteiger partial charge in [0.15, 0.2) is 0 Å². The summed E-state index contributed by atoms with van der Waals surface area (Å²) < 4.78 is 0. The maximum atomic E-state index is 9.87. The molecule has 1 aliphatic heterocycles. The van der Waals surface area contributed by atoms with Crippen LogP contribution in [0, 0.1) is 11.3 Å². The van der Waals surface area contributed by atoms with E-state index in [1.165, 1.54) is 0 Å². The third-order valence-electron chi connectivity index (χ3n) is 4.67. The van der Waals surface area contributed by atoms with Crippen LogP contribution in [-0.2, 0) is 0 Å². The average molecular weight is 325 g/mol. The van der Waals surface area contributed by atoms with Crippen molar-refractivity contribution in [3.63, 3.8) is 0 Å². The Bertz CT molecular complexity index is 905. The minimum absolute atomic E-state index is 0.674. The molecule has 3 heteroatoms. The zero-order valence-corrected chi connectivity index (χ0v) is 14.0. The van der Waals surface area contributed by atoms with Crippen LogP contribution in [0.3, 0.4) is 0 Å². The second-order valence-electron chi connectivity index (χ2n) is 6.29. The van der Waals surface area contributed by atoms with Crippen LogP contribution in [0.2, 0.25) is 0 Å². The van der Waals surface area contributed by atoms with E-state index in [2.05, 4.69) is 35.2 Å². The summed E-state index contributed by atoms with van der Waals surface area (Å²) in [5.41, 5.74) is 4.68. The van der Waals surface area contributed by atoms with Gasteiger partial charge in [-0.05, 0) is 24.5 Å². The highest BCUT2D eigenvalue weighted by Crippen LogP contribution is 2.34. The van der Waals surface area contributed by atoms with Crippen molar-refractivity contribution in [2.75, 3.05) is 18.0 Å². The summed E-state index contributed by atoms with van der Waals surface area (Å²) in [4.78, 5) is 7.13. The molecule has 25 heavy (non-hydrogen) atoms. The molecule has 0 radical (unpaired) electrons. The van der Waals surface area contributed by atoms with E-state index in [0.717, 1.165) is 54.1 Å². The smallest absolute Gasteiger partial charge is 0.147 e. The number of anilines is 1. The van der Waals surface area contributed by atoms with Crippen LogP contribution in [0.5, 0.6) is 0 Å². The number of pyridine rings is 1. The van der Waals surface area contributed by atoms with Gasteiger partial charge in [0, 0.05) is 24.2 Å². The molecule has 0 spiro atoms. The van der Waals surface area contributed by atoms with Crippen molar-refractivity contribution in [1.29, 1.82) is 5.26 Å². The van der Waals surface area contributed by atoms with Crippen molar-refractivity contribution in [3.8, 4) is 28.5 Å². The fourth-order valence-corrected chi connectivity index (χ4v) is 3.40. The second kappa shape index (κ2) is 6.78. The zero-order valence-electron chi connectivity index (χ0n) is 14.0. The van der Waals surface area contributed by atoms with Crippen LogP contribution >= 0.6 is 0 Å². The van der Waals surface area contributed by atoms with Gasteiger partial charge in [0.2, 0.25) is 0 Å². The van der Waals surface area contributed by atoms with Gasteiger partial charge in [0.05, 0.1) is 5.69 Å². The van der Waals surface area contributed by atoms with Gasteiger partial charge in [-0.3, -0.25) is 0 Å². The highest BCUT2D eigenvalue weighted by atomic mass is 15.2. The number of aromatic nitrogens is 1. The first-order chi connectivity index (χ1) is 12.4. The Morgan fingerprint density at radius 3 is 2.04 bits per heavy atom. The molecule has 2 heterocycles. The molecule has 0 saturated carbocycles. The number of hydrogen-bond donors (Lipinski definition) is 0. The van der Waals surface area contributed by atoms with Gasteiger partial charge in [-0.2, -0.15) is 5.26 Å². The van der Waals surface area contributed by atoms with Crippen LogP contribution in [0.4, 0.5) is 5.82 Å². The molecular weight excluding hydrogens is 306 g/mol. The van der Waals surface area contributed by atoms with E-state index in [-0.39, 0.29) is 0 Å². The second-order valence-corrected chi connectivity index (χ2v) is 6.29. The molecule has 0 atom stereocenters. The number of hydrogen-bond acceptors (Lipinski definition) is 3. The highest BCUT2D eigenvalue weighted by Gasteiger charge is 2.22. The molecule has 3 aromatic rings. The number of rotatable bonds is 3. The zero-order chi connectivity index (χ0) is 17.1. The van der Waals surface area contributed by atoms with Crippen LogP contribution in [-0.4, -0.2) is 18.1 Å². The van der Waals surface area contributed by atoms with Gasteiger partial charge < -0.3 is 4.90 Å². The molecule has 2 aromatic carbocycles. The monoisotopic (exact) mass is 325 g/mol. The van der Waals surface area contributed by atoms with E-state index >= 15 is 0 Å². The summed E-state index contributed by atoms with van der Waals surface area (Å²) in [5, 5.41) is 9.87. The quantitative estimate of drug-likeness (QED) is 0.688. The molecule has 1 fully saturated rings. The lowest BCUT2D eigenvalue weighted by molar-refractivity contribution is 0.936. The molecule has 0 amide bonds. The summed E-state index contributed by atoms with van der Waals surface area (Å²) in [7, 11) is 0. The molecule has 0 aliphatic carbocycles. The first kappa shape index (κ1) is 15.4. The van der Waals surface area contributed by atoms with Gasteiger partial charge in [0.25, 0.3) is 0 Å². The summed E-state index contributed by atoms with van der Waals surface area (Å²) in [6.45, 7) is 1.93. The fraction of sp³-hybridized carbons (Fsp3) is 0.182. The van der Waals surface area contributed by atoms with E-state index in [1.807, 2.05) is 42.5 Å². The molecular formula is C22H19N3. The Kier molecular flexibility index (Phi) is 4.18. The lowest BCUT2D eigenvalue weighted by atomic mass is 9.98. The van der Waals surface area contributed by atoms with Crippen molar-refractivity contribution in [2.45, 2.75) is 12.8 Å². The van der Waals surface area contributed by atoms with E-state index in [1.54, 1.807) is 0 Å². The lowest BCUT2D eigenvalue weighted by Gasteiger charge is -2.21. The predicted octanol–water partition coefficient (Wildman–Crippen LogP) is 4.89. The molecule has 4 rings (SSSR count). The maximum Gasteiger partial charge on any atom is 0.147 e. The van der Waals surface area contributed by atoms with Crippen LogP contribution in [0.25, 0.3) is 22.4 Å². The normalized spacial score (nSPS) is 13.6. The van der Waals surface area contributed by atoms with Crippen molar-refractivity contribution in [1.82, 2.24) is 4.98 Å².